The molecule has 10 heteroatoms. The van der Waals surface area contributed by atoms with E-state index in [9.17, 15) is 28.0 Å². The van der Waals surface area contributed by atoms with E-state index in [1.54, 1.807) is 13.8 Å². The highest BCUT2D eigenvalue weighted by Gasteiger charge is 2.33. The van der Waals surface area contributed by atoms with E-state index in [1.807, 2.05) is 6.92 Å². The number of carbonyl (C=O) groups is 2. The van der Waals surface area contributed by atoms with Crippen LogP contribution in [0.25, 0.3) is 0 Å². The minimum Gasteiger partial charge on any atom is -0.324 e. The molecule has 1 heterocycles. The predicted molar refractivity (Wildman–Crippen MR) is 109 cm³/mol. The van der Waals surface area contributed by atoms with Crippen LogP contribution in [0.1, 0.15) is 28.5 Å². The van der Waals surface area contributed by atoms with Gasteiger partial charge in [-0.15, -0.1) is 11.3 Å². The van der Waals surface area contributed by atoms with Gasteiger partial charge in [0.2, 0.25) is 11.8 Å². The predicted octanol–water partition coefficient (Wildman–Crippen LogP) is 4.15. The number of nitrogens with zero attached hydrogens (tertiary/aromatic N) is 2. The van der Waals surface area contributed by atoms with E-state index >= 15 is 0 Å². The summed E-state index contributed by atoms with van der Waals surface area (Å²) in [6.45, 7) is 5.29. The Morgan fingerprint density at radius 1 is 1.13 bits per heavy atom. The average Bonchev–Trinajstić information content (AvgIpc) is 2.93. The Hall–Kier alpha value is -2.90. The van der Waals surface area contributed by atoms with Gasteiger partial charge >= 0.3 is 6.18 Å². The highest BCUT2D eigenvalue weighted by Crippen LogP contribution is 2.34. The lowest BCUT2D eigenvalue weighted by Crippen LogP contribution is -2.38. The van der Waals surface area contributed by atoms with Crippen molar-refractivity contribution in [3.8, 4) is 6.07 Å². The minimum absolute atomic E-state index is 0.147. The van der Waals surface area contributed by atoms with Crippen molar-refractivity contribution >= 4 is 33.8 Å². The number of para-hydroxylation sites is 1. The molecule has 0 aliphatic carbocycles. The molecule has 2 amide bonds. The van der Waals surface area contributed by atoms with E-state index in [0.29, 0.717) is 17.1 Å². The number of nitriles is 1. The van der Waals surface area contributed by atoms with E-state index < -0.39 is 23.6 Å². The fourth-order valence-corrected chi connectivity index (χ4v) is 3.76. The SMILES string of the molecule is CCN(CC(=O)Nc1ccccc1C(F)(F)F)CC(=O)Nc1sc(C)c(C)c1C#N. The third kappa shape index (κ3) is 5.81. The summed E-state index contributed by atoms with van der Waals surface area (Å²) in [6.07, 6.45) is -4.59. The van der Waals surface area contributed by atoms with Crippen LogP contribution in [-0.2, 0) is 15.8 Å². The molecule has 0 bridgehead atoms. The zero-order valence-corrected chi connectivity index (χ0v) is 17.5. The molecule has 2 aromatic rings. The number of alkyl halides is 3. The first-order chi connectivity index (χ1) is 14.1. The molecule has 0 spiro atoms. The standard InChI is InChI=1S/C20H21F3N4O2S/c1-4-27(11-18(29)26-19-14(9-24)12(2)13(3)30-19)10-17(28)25-16-8-6-5-7-15(16)20(21,22)23/h5-8H,4,10-11H2,1-3H3,(H,25,28)(H,26,29). The normalized spacial score (nSPS) is 11.3. The maximum atomic E-state index is 13.1. The maximum Gasteiger partial charge on any atom is 0.418 e. The van der Waals surface area contributed by atoms with Crippen molar-refractivity contribution in [3.63, 3.8) is 0 Å². The molecular formula is C20H21F3N4O2S. The van der Waals surface area contributed by atoms with Gasteiger partial charge in [-0.05, 0) is 38.1 Å². The molecular weight excluding hydrogens is 417 g/mol. The van der Waals surface area contributed by atoms with E-state index in [0.717, 1.165) is 16.5 Å². The summed E-state index contributed by atoms with van der Waals surface area (Å²) in [7, 11) is 0. The molecule has 2 rings (SSSR count). The van der Waals surface area contributed by atoms with Gasteiger partial charge in [0.25, 0.3) is 0 Å². The highest BCUT2D eigenvalue weighted by molar-refractivity contribution is 7.16. The van der Waals surface area contributed by atoms with Crippen LogP contribution in [0.5, 0.6) is 0 Å². The van der Waals surface area contributed by atoms with Crippen LogP contribution in [0.3, 0.4) is 0 Å². The first kappa shape index (κ1) is 23.4. The van der Waals surface area contributed by atoms with Gasteiger partial charge < -0.3 is 10.6 Å². The molecule has 2 N–H and O–H groups in total. The second-order valence-electron chi connectivity index (χ2n) is 6.54. The van der Waals surface area contributed by atoms with Gasteiger partial charge in [-0.1, -0.05) is 19.1 Å². The molecule has 0 aliphatic heterocycles. The molecule has 30 heavy (non-hydrogen) atoms. The van der Waals surface area contributed by atoms with Crippen LogP contribution in [0, 0.1) is 25.2 Å². The van der Waals surface area contributed by atoms with Gasteiger partial charge in [0, 0.05) is 4.88 Å². The number of likely N-dealkylation sites (N-methyl/N-ethyl adjacent to an activating group) is 1. The minimum atomic E-state index is -4.59. The van der Waals surface area contributed by atoms with Crippen molar-refractivity contribution < 1.29 is 22.8 Å². The van der Waals surface area contributed by atoms with Crippen LogP contribution >= 0.6 is 11.3 Å². The molecule has 1 aromatic carbocycles. The van der Waals surface area contributed by atoms with Gasteiger partial charge in [-0.25, -0.2) is 0 Å². The molecule has 160 valence electrons. The maximum absolute atomic E-state index is 13.1. The van der Waals surface area contributed by atoms with E-state index in [4.69, 9.17) is 0 Å². The number of rotatable bonds is 7. The van der Waals surface area contributed by atoms with Gasteiger partial charge in [-0.3, -0.25) is 14.5 Å². The summed E-state index contributed by atoms with van der Waals surface area (Å²) in [5, 5.41) is 14.6. The van der Waals surface area contributed by atoms with Gasteiger partial charge in [0.05, 0.1) is 29.9 Å². The summed E-state index contributed by atoms with van der Waals surface area (Å²) in [6, 6.07) is 6.76. The Bertz CT molecular complexity index is 979. The molecule has 0 radical (unpaired) electrons. The van der Waals surface area contributed by atoms with E-state index in [-0.39, 0.29) is 18.8 Å². The highest BCUT2D eigenvalue weighted by atomic mass is 32.1. The number of nitrogens with one attached hydrogen (secondary N) is 2. The van der Waals surface area contributed by atoms with Crippen LogP contribution in [0.15, 0.2) is 24.3 Å². The van der Waals surface area contributed by atoms with E-state index in [1.165, 1.54) is 34.4 Å². The fraction of sp³-hybridized carbons (Fsp3) is 0.350. The number of carbonyl (C=O) groups excluding carboxylic acids is 2. The summed E-state index contributed by atoms with van der Waals surface area (Å²) in [5.41, 5.74) is -0.0754. The van der Waals surface area contributed by atoms with Crippen molar-refractivity contribution in [2.45, 2.75) is 26.9 Å². The number of amides is 2. The second kappa shape index (κ2) is 9.73. The number of hydrogen-bond acceptors (Lipinski definition) is 5. The number of aryl methyl sites for hydroxylation is 1. The van der Waals surface area contributed by atoms with Gasteiger partial charge in [-0.2, -0.15) is 18.4 Å². The van der Waals surface area contributed by atoms with Crippen LogP contribution < -0.4 is 10.6 Å². The summed E-state index contributed by atoms with van der Waals surface area (Å²) in [5.74, 6) is -1.08. The molecule has 0 fully saturated rings. The Balaban J connectivity index is 2.01. The molecule has 0 aliphatic rings. The lowest BCUT2D eigenvalue weighted by Gasteiger charge is -2.20. The molecule has 0 unspecified atom stereocenters. The topological polar surface area (TPSA) is 85.2 Å². The third-order valence-electron chi connectivity index (χ3n) is 4.44. The number of halogens is 3. The largest absolute Gasteiger partial charge is 0.418 e. The molecule has 0 saturated heterocycles. The van der Waals surface area contributed by atoms with Crippen molar-refractivity contribution in [2.24, 2.45) is 0 Å². The molecule has 1 aromatic heterocycles. The Kier molecular flexibility index (Phi) is 7.59. The van der Waals surface area contributed by atoms with Crippen molar-refractivity contribution in [2.75, 3.05) is 30.3 Å². The Labute approximate surface area is 176 Å². The van der Waals surface area contributed by atoms with Crippen molar-refractivity contribution in [1.82, 2.24) is 4.90 Å². The first-order valence-electron chi connectivity index (χ1n) is 9.05. The van der Waals surface area contributed by atoms with Crippen molar-refractivity contribution in [3.05, 3.63) is 45.8 Å². The molecule has 6 nitrogen and oxygen atoms in total. The quantitative estimate of drug-likeness (QED) is 0.680. The lowest BCUT2D eigenvalue weighted by atomic mass is 10.1. The first-order valence-corrected chi connectivity index (χ1v) is 9.86. The average molecular weight is 438 g/mol. The Morgan fingerprint density at radius 2 is 1.73 bits per heavy atom. The second-order valence-corrected chi connectivity index (χ2v) is 7.77. The van der Waals surface area contributed by atoms with Gasteiger partial charge in [0.1, 0.15) is 11.1 Å². The lowest BCUT2D eigenvalue weighted by molar-refractivity contribution is -0.137. The monoisotopic (exact) mass is 438 g/mol. The number of benzene rings is 1. The Morgan fingerprint density at radius 3 is 2.30 bits per heavy atom. The van der Waals surface area contributed by atoms with E-state index in [2.05, 4.69) is 16.7 Å². The van der Waals surface area contributed by atoms with Gasteiger partial charge in [0.15, 0.2) is 0 Å². The zero-order chi connectivity index (χ0) is 22.5. The van der Waals surface area contributed by atoms with Crippen LogP contribution in [0.4, 0.5) is 23.9 Å². The number of thiophene rings is 1. The third-order valence-corrected chi connectivity index (χ3v) is 5.56. The number of anilines is 2. The van der Waals surface area contributed by atoms with Crippen LogP contribution in [-0.4, -0.2) is 36.3 Å². The molecule has 0 saturated carbocycles. The summed E-state index contributed by atoms with van der Waals surface area (Å²) in [4.78, 5) is 27.0. The molecule has 0 atom stereocenters. The fourth-order valence-electron chi connectivity index (χ4n) is 2.73. The number of hydrogen-bond donors (Lipinski definition) is 2. The zero-order valence-electron chi connectivity index (χ0n) is 16.7. The summed E-state index contributed by atoms with van der Waals surface area (Å²) >= 11 is 1.29. The van der Waals surface area contributed by atoms with Crippen LogP contribution in [0.2, 0.25) is 0 Å². The van der Waals surface area contributed by atoms with Crippen molar-refractivity contribution in [1.29, 1.82) is 5.26 Å². The smallest absolute Gasteiger partial charge is 0.324 e. The summed E-state index contributed by atoms with van der Waals surface area (Å²) < 4.78 is 39.2.